The Labute approximate surface area is 157 Å². The molecule has 128 valence electrons. The summed E-state index contributed by atoms with van der Waals surface area (Å²) in [4.78, 5) is 0. The van der Waals surface area contributed by atoms with Crippen LogP contribution in [0.25, 0.3) is 0 Å². The first-order valence-electron chi connectivity index (χ1n) is 7.49. The first-order valence-corrected chi connectivity index (χ1v) is 8.25. The molecule has 4 nitrogen and oxygen atoms in total. The van der Waals surface area contributed by atoms with Gasteiger partial charge in [0.05, 0.1) is 32.3 Å². The lowest BCUT2D eigenvalue weighted by atomic mass is 9.80. The number of methoxy groups -OCH3 is 2. The summed E-state index contributed by atoms with van der Waals surface area (Å²) in [7, 11) is 3.09. The van der Waals surface area contributed by atoms with E-state index in [1.165, 1.54) is 7.11 Å². The molecule has 0 aliphatic rings. The highest BCUT2D eigenvalue weighted by Gasteiger charge is 2.30. The van der Waals surface area contributed by atoms with Gasteiger partial charge in [-0.05, 0) is 18.2 Å². The highest BCUT2D eigenvalue weighted by atomic mass is 35.5. The third-order valence-corrected chi connectivity index (χ3v) is 4.66. The van der Waals surface area contributed by atoms with E-state index in [0.29, 0.717) is 27.1 Å². The van der Waals surface area contributed by atoms with E-state index in [4.69, 9.17) is 32.7 Å². The van der Waals surface area contributed by atoms with Crippen molar-refractivity contribution in [1.29, 1.82) is 10.5 Å². The lowest BCUT2D eigenvalue weighted by Crippen LogP contribution is -2.12. The second kappa shape index (κ2) is 8.62. The smallest absolute Gasteiger partial charge is 0.126 e. The van der Waals surface area contributed by atoms with Crippen LogP contribution >= 0.6 is 23.2 Å². The molecule has 0 aliphatic heterocycles. The zero-order valence-electron chi connectivity index (χ0n) is 13.8. The minimum Gasteiger partial charge on any atom is -0.497 e. The summed E-state index contributed by atoms with van der Waals surface area (Å²) in [6.07, 6.45) is 0.114. The number of hydrogen-bond acceptors (Lipinski definition) is 4. The van der Waals surface area contributed by atoms with Gasteiger partial charge in [0.1, 0.15) is 11.5 Å². The summed E-state index contributed by atoms with van der Waals surface area (Å²) in [5, 5.41) is 19.9. The Hall–Kier alpha value is -2.40. The van der Waals surface area contributed by atoms with E-state index in [1.807, 2.05) is 0 Å². The molecule has 0 bridgehead atoms. The van der Waals surface area contributed by atoms with Gasteiger partial charge >= 0.3 is 0 Å². The second-order valence-corrected chi connectivity index (χ2v) is 6.13. The molecular weight excluding hydrogens is 359 g/mol. The summed E-state index contributed by atoms with van der Waals surface area (Å²) in [5.74, 6) is 0.0278. The molecule has 25 heavy (non-hydrogen) atoms. The third kappa shape index (κ3) is 3.99. The van der Waals surface area contributed by atoms with Crippen molar-refractivity contribution in [2.75, 3.05) is 14.2 Å². The number of rotatable bonds is 6. The molecule has 0 amide bonds. The minimum atomic E-state index is -0.692. The van der Waals surface area contributed by atoms with Crippen LogP contribution in [0.2, 0.25) is 10.0 Å². The van der Waals surface area contributed by atoms with Gasteiger partial charge in [0.15, 0.2) is 0 Å². The van der Waals surface area contributed by atoms with E-state index in [0.717, 1.165) is 5.56 Å². The van der Waals surface area contributed by atoms with Gasteiger partial charge in [-0.3, -0.25) is 0 Å². The van der Waals surface area contributed by atoms with E-state index in [1.54, 1.807) is 43.5 Å². The Balaban J connectivity index is 2.61. The van der Waals surface area contributed by atoms with Crippen LogP contribution in [0.4, 0.5) is 0 Å². The quantitative estimate of drug-likeness (QED) is 0.686. The molecule has 2 aromatic carbocycles. The Morgan fingerprint density at radius 2 is 1.72 bits per heavy atom. The maximum Gasteiger partial charge on any atom is 0.126 e. The molecule has 2 atom stereocenters. The zero-order valence-corrected chi connectivity index (χ0v) is 15.3. The van der Waals surface area contributed by atoms with Crippen LogP contribution in [0.3, 0.4) is 0 Å². The van der Waals surface area contributed by atoms with Gasteiger partial charge in [0.25, 0.3) is 0 Å². The number of nitrogens with zero attached hydrogens (tertiary/aromatic N) is 2. The second-order valence-electron chi connectivity index (χ2n) is 5.32. The fraction of sp³-hybridized carbons (Fsp3) is 0.263. The van der Waals surface area contributed by atoms with Crippen LogP contribution in [0, 0.1) is 22.7 Å². The van der Waals surface area contributed by atoms with E-state index >= 15 is 0 Å². The standard InChI is InChI=1S/C19H16Cl2N2O2/c1-24-12-6-7-14(18(10-12)25-2)13(8-9-22)15(11-23)19-16(20)4-3-5-17(19)21/h3-7,10,13,15H,8H2,1-2H3. The van der Waals surface area contributed by atoms with Crippen molar-refractivity contribution < 1.29 is 9.47 Å². The Bertz CT molecular complexity index is 820. The van der Waals surface area contributed by atoms with E-state index in [2.05, 4.69) is 12.1 Å². The molecule has 0 N–H and O–H groups in total. The van der Waals surface area contributed by atoms with Gasteiger partial charge in [0.2, 0.25) is 0 Å². The Morgan fingerprint density at radius 1 is 1.04 bits per heavy atom. The van der Waals surface area contributed by atoms with Gasteiger partial charge in [-0.2, -0.15) is 10.5 Å². The molecule has 2 unspecified atom stereocenters. The molecular formula is C19H16Cl2N2O2. The number of halogens is 2. The lowest BCUT2D eigenvalue weighted by Gasteiger charge is -2.24. The van der Waals surface area contributed by atoms with Gasteiger partial charge < -0.3 is 9.47 Å². The lowest BCUT2D eigenvalue weighted by molar-refractivity contribution is 0.387. The Morgan fingerprint density at radius 3 is 2.24 bits per heavy atom. The molecule has 0 aliphatic carbocycles. The fourth-order valence-corrected chi connectivity index (χ4v) is 3.43. The maximum atomic E-state index is 9.81. The molecule has 0 radical (unpaired) electrons. The zero-order chi connectivity index (χ0) is 18.4. The SMILES string of the molecule is COc1ccc(C(CC#N)C(C#N)c2c(Cl)cccc2Cl)c(OC)c1. The van der Waals surface area contributed by atoms with Crippen LogP contribution in [0.1, 0.15) is 29.4 Å². The summed E-state index contributed by atoms with van der Waals surface area (Å²) < 4.78 is 10.7. The van der Waals surface area contributed by atoms with Crippen molar-refractivity contribution in [1.82, 2.24) is 0 Å². The topological polar surface area (TPSA) is 66.0 Å². The first-order chi connectivity index (χ1) is 12.1. The minimum absolute atomic E-state index is 0.114. The molecule has 0 spiro atoms. The first kappa shape index (κ1) is 18.9. The van der Waals surface area contributed by atoms with Crippen LogP contribution in [-0.2, 0) is 0 Å². The van der Waals surface area contributed by atoms with E-state index in [9.17, 15) is 10.5 Å². The molecule has 0 heterocycles. The van der Waals surface area contributed by atoms with Gasteiger partial charge in [-0.15, -0.1) is 0 Å². The van der Waals surface area contributed by atoms with Crippen LogP contribution in [0.15, 0.2) is 36.4 Å². The van der Waals surface area contributed by atoms with Gasteiger partial charge in [-0.1, -0.05) is 35.3 Å². The fourth-order valence-electron chi connectivity index (χ4n) is 2.79. The van der Waals surface area contributed by atoms with Crippen molar-refractivity contribution in [2.45, 2.75) is 18.3 Å². The number of ether oxygens (including phenoxy) is 2. The molecule has 0 aromatic heterocycles. The third-order valence-electron chi connectivity index (χ3n) is 4.00. The van der Waals surface area contributed by atoms with Crippen LogP contribution in [-0.4, -0.2) is 14.2 Å². The van der Waals surface area contributed by atoms with Crippen molar-refractivity contribution in [2.24, 2.45) is 0 Å². The summed E-state index contributed by atoms with van der Waals surface area (Å²) in [6.45, 7) is 0. The molecule has 2 aromatic rings. The number of nitriles is 2. The molecule has 0 saturated heterocycles. The molecule has 0 saturated carbocycles. The average molecular weight is 375 g/mol. The highest BCUT2D eigenvalue weighted by Crippen LogP contribution is 2.44. The summed E-state index contributed by atoms with van der Waals surface area (Å²) in [6, 6.07) is 14.8. The molecule has 0 fully saturated rings. The van der Waals surface area contributed by atoms with Crippen molar-refractivity contribution >= 4 is 23.2 Å². The predicted molar refractivity (Wildman–Crippen MR) is 97.3 cm³/mol. The van der Waals surface area contributed by atoms with Crippen molar-refractivity contribution in [3.8, 4) is 23.6 Å². The van der Waals surface area contributed by atoms with E-state index in [-0.39, 0.29) is 6.42 Å². The van der Waals surface area contributed by atoms with Crippen LogP contribution in [0.5, 0.6) is 11.5 Å². The van der Waals surface area contributed by atoms with Crippen molar-refractivity contribution in [3.63, 3.8) is 0 Å². The molecule has 6 heteroatoms. The molecule has 2 rings (SSSR count). The highest BCUT2D eigenvalue weighted by molar-refractivity contribution is 6.36. The average Bonchev–Trinajstić information content (AvgIpc) is 2.63. The van der Waals surface area contributed by atoms with Crippen molar-refractivity contribution in [3.05, 3.63) is 57.6 Å². The van der Waals surface area contributed by atoms with Gasteiger partial charge in [0, 0.05) is 39.6 Å². The maximum absolute atomic E-state index is 9.81. The van der Waals surface area contributed by atoms with E-state index < -0.39 is 11.8 Å². The normalized spacial score (nSPS) is 12.6. The largest absolute Gasteiger partial charge is 0.497 e. The Kier molecular flexibility index (Phi) is 6.53. The number of benzene rings is 2. The number of hydrogen-bond donors (Lipinski definition) is 0. The summed E-state index contributed by atoms with van der Waals surface area (Å²) >= 11 is 12.6. The summed E-state index contributed by atoms with van der Waals surface area (Å²) in [5.41, 5.74) is 1.25. The van der Waals surface area contributed by atoms with Crippen LogP contribution < -0.4 is 9.47 Å². The monoisotopic (exact) mass is 374 g/mol. The predicted octanol–water partition coefficient (Wildman–Crippen LogP) is 5.32. The van der Waals surface area contributed by atoms with Gasteiger partial charge in [-0.25, -0.2) is 0 Å².